The highest BCUT2D eigenvalue weighted by Crippen LogP contribution is 2.32. The van der Waals surface area contributed by atoms with Crippen molar-refractivity contribution in [3.8, 4) is 5.88 Å². The lowest BCUT2D eigenvalue weighted by Gasteiger charge is -2.50. The second-order valence-electron chi connectivity index (χ2n) is 5.39. The van der Waals surface area contributed by atoms with Gasteiger partial charge in [-0.15, -0.1) is 0 Å². The Morgan fingerprint density at radius 2 is 2.29 bits per heavy atom. The maximum Gasteiger partial charge on any atom is 0.317 e. The average molecular weight is 290 g/mol. The van der Waals surface area contributed by atoms with Crippen molar-refractivity contribution in [1.82, 2.24) is 20.1 Å². The third kappa shape index (κ3) is 2.09. The Morgan fingerprint density at radius 3 is 2.90 bits per heavy atom. The number of pyridine rings is 1. The summed E-state index contributed by atoms with van der Waals surface area (Å²) in [6, 6.07) is 3.35. The van der Waals surface area contributed by atoms with E-state index >= 15 is 0 Å². The van der Waals surface area contributed by atoms with Crippen LogP contribution in [-0.4, -0.2) is 65.5 Å². The van der Waals surface area contributed by atoms with Crippen LogP contribution in [0.25, 0.3) is 0 Å². The highest BCUT2D eigenvalue weighted by molar-refractivity contribution is 5.97. The van der Waals surface area contributed by atoms with Gasteiger partial charge in [-0.05, 0) is 19.1 Å². The maximum atomic E-state index is 12.5. The van der Waals surface area contributed by atoms with E-state index in [0.29, 0.717) is 37.7 Å². The summed E-state index contributed by atoms with van der Waals surface area (Å²) in [5, 5.41) is 2.80. The minimum atomic E-state index is -0.263. The monoisotopic (exact) mass is 290 g/mol. The molecule has 3 rings (SSSR count). The standard InChI is InChI=1S/C14H18N4O3/c1-3-21-11-10(5-4-6-15-11)12(19)18-8-14(9-18)7-16-13(20)17(14)2/h4-6H,3,7-9H2,1-2H3,(H,16,20). The molecule has 1 aromatic heterocycles. The lowest BCUT2D eigenvalue weighted by Crippen LogP contribution is -2.70. The number of nitrogens with one attached hydrogen (secondary N) is 1. The first-order valence-corrected chi connectivity index (χ1v) is 6.96. The molecule has 1 aromatic rings. The van der Waals surface area contributed by atoms with Crippen molar-refractivity contribution in [3.63, 3.8) is 0 Å². The van der Waals surface area contributed by atoms with Gasteiger partial charge in [0.05, 0.1) is 12.1 Å². The quantitative estimate of drug-likeness (QED) is 0.870. The van der Waals surface area contributed by atoms with E-state index in [2.05, 4.69) is 10.3 Å². The molecule has 2 fully saturated rings. The summed E-state index contributed by atoms with van der Waals surface area (Å²) >= 11 is 0. The van der Waals surface area contributed by atoms with Crippen LogP contribution in [0.5, 0.6) is 5.88 Å². The van der Waals surface area contributed by atoms with Gasteiger partial charge in [0.15, 0.2) is 0 Å². The molecular formula is C14H18N4O3. The predicted molar refractivity (Wildman–Crippen MR) is 75.2 cm³/mol. The molecule has 1 N–H and O–H groups in total. The van der Waals surface area contributed by atoms with Crippen LogP contribution in [0, 0.1) is 0 Å². The van der Waals surface area contributed by atoms with Gasteiger partial charge in [-0.2, -0.15) is 0 Å². The van der Waals surface area contributed by atoms with Crippen molar-refractivity contribution in [2.24, 2.45) is 0 Å². The number of ether oxygens (including phenoxy) is 1. The number of likely N-dealkylation sites (N-methyl/N-ethyl adjacent to an activating group) is 1. The minimum absolute atomic E-state index is 0.0847. The van der Waals surface area contributed by atoms with Crippen LogP contribution in [0.1, 0.15) is 17.3 Å². The zero-order valence-corrected chi connectivity index (χ0v) is 12.1. The van der Waals surface area contributed by atoms with Crippen molar-refractivity contribution in [2.75, 3.05) is 33.3 Å². The molecule has 0 aromatic carbocycles. The van der Waals surface area contributed by atoms with Crippen molar-refractivity contribution < 1.29 is 14.3 Å². The van der Waals surface area contributed by atoms with Gasteiger partial charge >= 0.3 is 6.03 Å². The largest absolute Gasteiger partial charge is 0.477 e. The van der Waals surface area contributed by atoms with E-state index in [1.54, 1.807) is 35.2 Å². The minimum Gasteiger partial charge on any atom is -0.477 e. The number of aromatic nitrogens is 1. The Morgan fingerprint density at radius 1 is 1.52 bits per heavy atom. The van der Waals surface area contributed by atoms with Gasteiger partial charge < -0.3 is 19.9 Å². The Hall–Kier alpha value is -2.31. The molecule has 0 aliphatic carbocycles. The molecule has 0 atom stereocenters. The summed E-state index contributed by atoms with van der Waals surface area (Å²) in [4.78, 5) is 31.6. The van der Waals surface area contributed by atoms with Crippen LogP contribution in [0.4, 0.5) is 4.79 Å². The van der Waals surface area contributed by atoms with E-state index in [-0.39, 0.29) is 17.5 Å². The maximum absolute atomic E-state index is 12.5. The number of hydrogen-bond donors (Lipinski definition) is 1. The number of urea groups is 1. The van der Waals surface area contributed by atoms with Crippen LogP contribution in [-0.2, 0) is 0 Å². The van der Waals surface area contributed by atoms with E-state index in [1.807, 2.05) is 6.92 Å². The Kier molecular flexibility index (Phi) is 3.19. The van der Waals surface area contributed by atoms with Crippen molar-refractivity contribution in [1.29, 1.82) is 0 Å². The topological polar surface area (TPSA) is 74.8 Å². The molecule has 0 saturated carbocycles. The van der Waals surface area contributed by atoms with Gasteiger partial charge in [0.2, 0.25) is 5.88 Å². The molecule has 7 nitrogen and oxygen atoms in total. The number of rotatable bonds is 3. The summed E-state index contributed by atoms with van der Waals surface area (Å²) in [6.45, 7) is 3.95. The van der Waals surface area contributed by atoms with Gasteiger partial charge in [0.1, 0.15) is 5.56 Å². The fourth-order valence-electron chi connectivity index (χ4n) is 2.80. The molecule has 112 valence electrons. The van der Waals surface area contributed by atoms with Crippen molar-refractivity contribution >= 4 is 11.9 Å². The summed E-state index contributed by atoms with van der Waals surface area (Å²) in [7, 11) is 1.76. The lowest BCUT2D eigenvalue weighted by molar-refractivity contribution is 0.00746. The molecule has 2 saturated heterocycles. The molecule has 0 bridgehead atoms. The normalized spacial score (nSPS) is 19.4. The Balaban J connectivity index is 1.73. The molecule has 21 heavy (non-hydrogen) atoms. The zero-order valence-electron chi connectivity index (χ0n) is 12.1. The molecule has 7 heteroatoms. The summed E-state index contributed by atoms with van der Waals surface area (Å²) < 4.78 is 5.40. The summed E-state index contributed by atoms with van der Waals surface area (Å²) in [6.07, 6.45) is 1.60. The highest BCUT2D eigenvalue weighted by atomic mass is 16.5. The van der Waals surface area contributed by atoms with Gasteiger partial charge in [-0.3, -0.25) is 4.79 Å². The molecule has 3 amide bonds. The van der Waals surface area contributed by atoms with Crippen LogP contribution in [0.15, 0.2) is 18.3 Å². The van der Waals surface area contributed by atoms with E-state index in [4.69, 9.17) is 4.74 Å². The molecule has 1 spiro atoms. The summed E-state index contributed by atoms with van der Waals surface area (Å²) in [5.41, 5.74) is 0.204. The van der Waals surface area contributed by atoms with Gasteiger partial charge in [-0.1, -0.05) is 0 Å². The Bertz CT molecular complexity index is 583. The van der Waals surface area contributed by atoms with Crippen molar-refractivity contribution in [2.45, 2.75) is 12.5 Å². The van der Waals surface area contributed by atoms with Crippen LogP contribution in [0.2, 0.25) is 0 Å². The molecule has 2 aliphatic heterocycles. The second-order valence-corrected chi connectivity index (χ2v) is 5.39. The SMILES string of the molecule is CCOc1ncccc1C(=O)N1CC2(CNC(=O)N2C)C1. The third-order valence-corrected chi connectivity index (χ3v) is 4.13. The smallest absolute Gasteiger partial charge is 0.317 e. The highest BCUT2D eigenvalue weighted by Gasteiger charge is 2.53. The van der Waals surface area contributed by atoms with E-state index in [1.165, 1.54) is 0 Å². The van der Waals surface area contributed by atoms with Gasteiger partial charge in [-0.25, -0.2) is 9.78 Å². The lowest BCUT2D eigenvalue weighted by atomic mass is 9.89. The van der Waals surface area contributed by atoms with Crippen LogP contribution < -0.4 is 10.1 Å². The first-order chi connectivity index (χ1) is 10.1. The molecule has 0 unspecified atom stereocenters. The fraction of sp³-hybridized carbons (Fsp3) is 0.500. The van der Waals surface area contributed by atoms with Crippen LogP contribution >= 0.6 is 0 Å². The third-order valence-electron chi connectivity index (χ3n) is 4.13. The van der Waals surface area contributed by atoms with Crippen LogP contribution in [0.3, 0.4) is 0 Å². The Labute approximate surface area is 122 Å². The molecule has 0 radical (unpaired) electrons. The summed E-state index contributed by atoms with van der Waals surface area (Å²) in [5.74, 6) is 0.254. The number of nitrogens with zero attached hydrogens (tertiary/aromatic N) is 3. The molecule has 2 aliphatic rings. The predicted octanol–water partition coefficient (Wildman–Crippen LogP) is 0.330. The van der Waals surface area contributed by atoms with Gasteiger partial charge in [0.25, 0.3) is 5.91 Å². The van der Waals surface area contributed by atoms with E-state index in [9.17, 15) is 9.59 Å². The number of amides is 3. The second kappa shape index (κ2) is 4.91. The zero-order chi connectivity index (χ0) is 15.0. The molecule has 3 heterocycles. The first-order valence-electron chi connectivity index (χ1n) is 6.96. The van der Waals surface area contributed by atoms with E-state index in [0.717, 1.165) is 0 Å². The average Bonchev–Trinajstić information content (AvgIpc) is 2.74. The fourth-order valence-corrected chi connectivity index (χ4v) is 2.80. The number of likely N-dealkylation sites (tertiary alicyclic amines) is 1. The molecular weight excluding hydrogens is 272 g/mol. The van der Waals surface area contributed by atoms with E-state index < -0.39 is 0 Å². The van der Waals surface area contributed by atoms with Gasteiger partial charge in [0, 0.05) is 32.9 Å². The number of carbonyl (C=O) groups excluding carboxylic acids is 2. The number of hydrogen-bond acceptors (Lipinski definition) is 4. The number of carbonyl (C=O) groups is 2. The first kappa shape index (κ1) is 13.7. The van der Waals surface area contributed by atoms with Crippen molar-refractivity contribution in [3.05, 3.63) is 23.9 Å².